The fourth-order valence-electron chi connectivity index (χ4n) is 2.14. The van der Waals surface area contributed by atoms with Gasteiger partial charge in [0.1, 0.15) is 0 Å². The van der Waals surface area contributed by atoms with Crippen LogP contribution in [-0.4, -0.2) is 10.8 Å². The summed E-state index contributed by atoms with van der Waals surface area (Å²) in [6, 6.07) is 18.0. The van der Waals surface area contributed by atoms with E-state index in [1.165, 1.54) is 0 Å². The molecule has 20 heavy (non-hydrogen) atoms. The summed E-state index contributed by atoms with van der Waals surface area (Å²) in [5.41, 5.74) is 2.37. The van der Waals surface area contributed by atoms with Crippen LogP contribution in [0.1, 0.15) is 21.5 Å². The Bertz CT molecular complexity index is 824. The van der Waals surface area contributed by atoms with E-state index in [1.54, 1.807) is 36.5 Å². The molecule has 3 heteroatoms. The highest BCUT2D eigenvalue weighted by Crippen LogP contribution is 2.19. The van der Waals surface area contributed by atoms with Crippen LogP contribution >= 0.6 is 0 Å². The predicted molar refractivity (Wildman–Crippen MR) is 76.3 cm³/mol. The van der Waals surface area contributed by atoms with Crippen molar-refractivity contribution in [1.82, 2.24) is 4.98 Å². The summed E-state index contributed by atoms with van der Waals surface area (Å²) in [6.07, 6.45) is 1.68. The molecule has 0 fully saturated rings. The van der Waals surface area contributed by atoms with Crippen LogP contribution in [0.2, 0.25) is 0 Å². The fraction of sp³-hybridized carbons (Fsp3) is 0. The average molecular weight is 258 g/mol. The van der Waals surface area contributed by atoms with Crippen LogP contribution in [0.4, 0.5) is 0 Å². The maximum absolute atomic E-state index is 12.5. The Morgan fingerprint density at radius 1 is 1.00 bits per heavy atom. The molecule has 0 saturated carbocycles. The van der Waals surface area contributed by atoms with Gasteiger partial charge in [0.15, 0.2) is 5.78 Å². The molecule has 0 spiro atoms. The minimum atomic E-state index is -0.0845. The molecule has 1 heterocycles. The Labute approximate surface area is 116 Å². The minimum absolute atomic E-state index is 0.0845. The van der Waals surface area contributed by atoms with E-state index in [0.717, 1.165) is 5.39 Å². The van der Waals surface area contributed by atoms with Gasteiger partial charge in [-0.2, -0.15) is 5.26 Å². The number of rotatable bonds is 2. The number of carbonyl (C=O) groups excluding carboxylic acids is 1. The third-order valence-electron chi connectivity index (χ3n) is 3.15. The van der Waals surface area contributed by atoms with Crippen molar-refractivity contribution in [2.75, 3.05) is 0 Å². The second-order valence-corrected chi connectivity index (χ2v) is 4.40. The molecule has 3 aromatic rings. The van der Waals surface area contributed by atoms with Crippen molar-refractivity contribution in [1.29, 1.82) is 5.26 Å². The van der Waals surface area contributed by atoms with Gasteiger partial charge in [0.2, 0.25) is 0 Å². The first kappa shape index (κ1) is 12.1. The van der Waals surface area contributed by atoms with Crippen molar-refractivity contribution in [2.24, 2.45) is 0 Å². The largest absolute Gasteiger partial charge is 0.289 e. The van der Waals surface area contributed by atoms with Crippen LogP contribution in [-0.2, 0) is 0 Å². The van der Waals surface area contributed by atoms with Crippen LogP contribution < -0.4 is 0 Å². The van der Waals surface area contributed by atoms with Crippen molar-refractivity contribution in [3.05, 3.63) is 77.5 Å². The van der Waals surface area contributed by atoms with E-state index < -0.39 is 0 Å². The Kier molecular flexibility index (Phi) is 2.98. The van der Waals surface area contributed by atoms with Crippen LogP contribution in [0.25, 0.3) is 10.9 Å². The number of hydrogen-bond acceptors (Lipinski definition) is 3. The Morgan fingerprint density at radius 2 is 1.75 bits per heavy atom. The van der Waals surface area contributed by atoms with Crippen LogP contribution in [0.5, 0.6) is 0 Å². The van der Waals surface area contributed by atoms with E-state index >= 15 is 0 Å². The summed E-state index contributed by atoms with van der Waals surface area (Å²) >= 11 is 0. The summed E-state index contributed by atoms with van der Waals surface area (Å²) in [6.45, 7) is 0. The summed E-state index contributed by atoms with van der Waals surface area (Å²) in [5, 5.41) is 9.72. The zero-order valence-electron chi connectivity index (χ0n) is 10.6. The molecule has 0 amide bonds. The van der Waals surface area contributed by atoms with Crippen molar-refractivity contribution < 1.29 is 4.79 Å². The van der Waals surface area contributed by atoms with Crippen LogP contribution in [0.3, 0.4) is 0 Å². The first-order valence-electron chi connectivity index (χ1n) is 6.18. The molecule has 0 aliphatic rings. The molecule has 2 aromatic carbocycles. The lowest BCUT2D eigenvalue weighted by Gasteiger charge is -2.05. The number of aromatic nitrogens is 1. The molecule has 0 aliphatic heterocycles. The van der Waals surface area contributed by atoms with Crippen LogP contribution in [0.15, 0.2) is 60.8 Å². The number of hydrogen-bond donors (Lipinski definition) is 0. The molecular formula is C17H10N2O. The molecule has 0 aliphatic carbocycles. The third-order valence-corrected chi connectivity index (χ3v) is 3.15. The van der Waals surface area contributed by atoms with Gasteiger partial charge in [0, 0.05) is 22.7 Å². The highest BCUT2D eigenvalue weighted by atomic mass is 16.1. The predicted octanol–water partition coefficient (Wildman–Crippen LogP) is 3.34. The van der Waals surface area contributed by atoms with Gasteiger partial charge in [-0.1, -0.05) is 18.2 Å². The molecule has 0 unspecified atom stereocenters. The number of para-hydroxylation sites is 1. The minimum Gasteiger partial charge on any atom is -0.289 e. The number of ketones is 1. The lowest BCUT2D eigenvalue weighted by molar-refractivity contribution is 0.104. The molecule has 0 radical (unpaired) electrons. The van der Waals surface area contributed by atoms with Gasteiger partial charge in [0.05, 0.1) is 17.1 Å². The van der Waals surface area contributed by atoms with E-state index in [2.05, 4.69) is 4.98 Å². The number of fused-ring (bicyclic) bond motifs is 1. The standard InChI is InChI=1S/C17H10N2O/c18-11-12-6-8-14(9-7-12)17(20)15-5-1-3-13-4-2-10-19-16(13)15/h1-10H. The topological polar surface area (TPSA) is 53.8 Å². The van der Waals surface area contributed by atoms with Gasteiger partial charge in [0.25, 0.3) is 0 Å². The van der Waals surface area contributed by atoms with Gasteiger partial charge in [-0.15, -0.1) is 0 Å². The monoisotopic (exact) mass is 258 g/mol. The molecule has 0 atom stereocenters. The van der Waals surface area contributed by atoms with Gasteiger partial charge >= 0.3 is 0 Å². The van der Waals surface area contributed by atoms with Gasteiger partial charge in [-0.25, -0.2) is 0 Å². The first-order valence-corrected chi connectivity index (χ1v) is 6.18. The van der Waals surface area contributed by atoms with Crippen molar-refractivity contribution in [3.63, 3.8) is 0 Å². The lowest BCUT2D eigenvalue weighted by atomic mass is 10.00. The fourth-order valence-corrected chi connectivity index (χ4v) is 2.14. The Morgan fingerprint density at radius 3 is 2.50 bits per heavy atom. The lowest BCUT2D eigenvalue weighted by Crippen LogP contribution is -2.03. The maximum Gasteiger partial charge on any atom is 0.195 e. The zero-order chi connectivity index (χ0) is 13.9. The van der Waals surface area contributed by atoms with Crippen LogP contribution in [0, 0.1) is 11.3 Å². The number of nitriles is 1. The smallest absolute Gasteiger partial charge is 0.195 e. The summed E-state index contributed by atoms with van der Waals surface area (Å²) in [4.78, 5) is 16.8. The molecule has 1 aromatic heterocycles. The van der Waals surface area contributed by atoms with E-state index in [-0.39, 0.29) is 5.78 Å². The number of nitrogens with zero attached hydrogens (tertiary/aromatic N) is 2. The van der Waals surface area contributed by atoms with Gasteiger partial charge in [-0.05, 0) is 36.4 Å². The van der Waals surface area contributed by atoms with Crippen molar-refractivity contribution in [2.45, 2.75) is 0 Å². The van der Waals surface area contributed by atoms with Gasteiger partial charge in [-0.3, -0.25) is 9.78 Å². The molecule has 0 bridgehead atoms. The summed E-state index contributed by atoms with van der Waals surface area (Å²) < 4.78 is 0. The zero-order valence-corrected chi connectivity index (χ0v) is 10.6. The molecule has 0 saturated heterocycles. The van der Waals surface area contributed by atoms with Crippen molar-refractivity contribution >= 4 is 16.7 Å². The summed E-state index contributed by atoms with van der Waals surface area (Å²) in [7, 11) is 0. The number of carbonyl (C=O) groups is 1. The Balaban J connectivity index is 2.10. The third kappa shape index (κ3) is 2.04. The van der Waals surface area contributed by atoms with E-state index in [9.17, 15) is 4.79 Å². The normalized spacial score (nSPS) is 10.2. The first-order chi connectivity index (χ1) is 9.79. The second kappa shape index (κ2) is 4.94. The van der Waals surface area contributed by atoms with E-state index in [0.29, 0.717) is 22.2 Å². The highest BCUT2D eigenvalue weighted by Gasteiger charge is 2.12. The van der Waals surface area contributed by atoms with Gasteiger partial charge < -0.3 is 0 Å². The molecule has 3 nitrogen and oxygen atoms in total. The molecule has 0 N–H and O–H groups in total. The molecular weight excluding hydrogens is 248 g/mol. The quantitative estimate of drug-likeness (QED) is 0.662. The highest BCUT2D eigenvalue weighted by molar-refractivity contribution is 6.15. The van der Waals surface area contributed by atoms with Crippen molar-refractivity contribution in [3.8, 4) is 6.07 Å². The Hall–Kier alpha value is -2.99. The summed E-state index contributed by atoms with van der Waals surface area (Å²) in [5.74, 6) is -0.0845. The second-order valence-electron chi connectivity index (χ2n) is 4.40. The number of pyridine rings is 1. The SMILES string of the molecule is N#Cc1ccc(C(=O)c2cccc3cccnc23)cc1. The molecule has 94 valence electrons. The number of benzene rings is 2. The van der Waals surface area contributed by atoms with E-state index in [1.807, 2.05) is 30.3 Å². The van der Waals surface area contributed by atoms with E-state index in [4.69, 9.17) is 5.26 Å². The molecule has 3 rings (SSSR count). The average Bonchev–Trinajstić information content (AvgIpc) is 2.54. The maximum atomic E-state index is 12.5.